The average molecular weight is 313 g/mol. The predicted molar refractivity (Wildman–Crippen MR) is 82.4 cm³/mol. The van der Waals surface area contributed by atoms with Crippen LogP contribution in [0.3, 0.4) is 0 Å². The zero-order valence-corrected chi connectivity index (χ0v) is 11.9. The van der Waals surface area contributed by atoms with Crippen molar-refractivity contribution in [2.45, 2.75) is 6.54 Å². The molecule has 0 saturated heterocycles. The van der Waals surface area contributed by atoms with E-state index in [1.165, 1.54) is 29.0 Å². The summed E-state index contributed by atoms with van der Waals surface area (Å²) in [5.41, 5.74) is 0.326. The van der Waals surface area contributed by atoms with E-state index in [0.717, 1.165) is 5.56 Å². The summed E-state index contributed by atoms with van der Waals surface area (Å²) >= 11 is 0. The van der Waals surface area contributed by atoms with Crippen LogP contribution >= 0.6 is 0 Å². The molecule has 0 fully saturated rings. The normalized spacial score (nSPS) is 10.7. The molecule has 0 atom stereocenters. The van der Waals surface area contributed by atoms with Gasteiger partial charge in [-0.25, -0.2) is 9.18 Å². The van der Waals surface area contributed by atoms with E-state index in [-0.39, 0.29) is 23.2 Å². The number of halogens is 1. The summed E-state index contributed by atoms with van der Waals surface area (Å²) < 4.78 is 20.2. The molecule has 2 aromatic carbocycles. The molecule has 6 heteroatoms. The first-order valence-electron chi connectivity index (χ1n) is 6.82. The van der Waals surface area contributed by atoms with Gasteiger partial charge in [0.15, 0.2) is 5.75 Å². The number of pyridine rings is 1. The van der Waals surface area contributed by atoms with E-state index in [0.29, 0.717) is 0 Å². The Morgan fingerprint density at radius 2 is 1.87 bits per heavy atom. The van der Waals surface area contributed by atoms with Crippen LogP contribution in [0.2, 0.25) is 0 Å². The summed E-state index contributed by atoms with van der Waals surface area (Å²) in [5.74, 6) is -0.913. The lowest BCUT2D eigenvalue weighted by molar-refractivity contribution is 0.144. The van der Waals surface area contributed by atoms with Gasteiger partial charge in [-0.3, -0.25) is 4.79 Å². The van der Waals surface area contributed by atoms with Crippen molar-refractivity contribution in [2.75, 3.05) is 0 Å². The number of carboxylic acid groups (broad SMARTS) is 1. The number of hydrogen-bond acceptors (Lipinski definition) is 3. The first kappa shape index (κ1) is 14.8. The standard InChI is InChI=1S/C17H12FNO4/c18-13-8-4-7-12-15(13)19(9-11-5-2-1-3-6-11)10-14(16(12)20)23-17(21)22/h1-8,10H,9H2,(H,21,22). The highest BCUT2D eigenvalue weighted by molar-refractivity contribution is 5.81. The monoisotopic (exact) mass is 313 g/mol. The van der Waals surface area contributed by atoms with E-state index >= 15 is 0 Å². The van der Waals surface area contributed by atoms with Crippen LogP contribution < -0.4 is 10.2 Å². The number of benzene rings is 2. The second-order valence-corrected chi connectivity index (χ2v) is 4.94. The summed E-state index contributed by atoms with van der Waals surface area (Å²) in [5, 5.41) is 8.82. The molecule has 3 aromatic rings. The topological polar surface area (TPSA) is 68.5 Å². The van der Waals surface area contributed by atoms with E-state index in [1.807, 2.05) is 30.3 Å². The van der Waals surface area contributed by atoms with E-state index < -0.39 is 17.4 Å². The summed E-state index contributed by atoms with van der Waals surface area (Å²) in [7, 11) is 0. The first-order valence-corrected chi connectivity index (χ1v) is 6.82. The van der Waals surface area contributed by atoms with Crippen LogP contribution in [0.4, 0.5) is 9.18 Å². The molecule has 0 radical (unpaired) electrons. The van der Waals surface area contributed by atoms with Crippen molar-refractivity contribution in [3.05, 3.63) is 76.3 Å². The van der Waals surface area contributed by atoms with Gasteiger partial charge in [-0.1, -0.05) is 36.4 Å². The molecule has 116 valence electrons. The Morgan fingerprint density at radius 1 is 1.13 bits per heavy atom. The Bertz CT molecular complexity index is 934. The molecule has 0 unspecified atom stereocenters. The highest BCUT2D eigenvalue weighted by Gasteiger charge is 2.15. The zero-order valence-electron chi connectivity index (χ0n) is 11.9. The molecule has 0 saturated carbocycles. The average Bonchev–Trinajstić information content (AvgIpc) is 2.52. The van der Waals surface area contributed by atoms with E-state index in [9.17, 15) is 14.0 Å². The molecule has 1 N–H and O–H groups in total. The van der Waals surface area contributed by atoms with Gasteiger partial charge in [0, 0.05) is 6.54 Å². The minimum Gasteiger partial charge on any atom is -0.449 e. The number of aromatic nitrogens is 1. The Kier molecular flexibility index (Phi) is 3.80. The minimum absolute atomic E-state index is 0.0691. The van der Waals surface area contributed by atoms with Gasteiger partial charge in [0.05, 0.1) is 17.1 Å². The van der Waals surface area contributed by atoms with Gasteiger partial charge in [0.2, 0.25) is 5.43 Å². The molecule has 23 heavy (non-hydrogen) atoms. The predicted octanol–water partition coefficient (Wildman–Crippen LogP) is 3.25. The molecule has 0 spiro atoms. The second-order valence-electron chi connectivity index (χ2n) is 4.94. The lowest BCUT2D eigenvalue weighted by Crippen LogP contribution is -2.17. The Labute approximate surface area is 130 Å². The number of ether oxygens (including phenoxy) is 1. The third kappa shape index (κ3) is 2.91. The fourth-order valence-corrected chi connectivity index (χ4v) is 2.46. The Morgan fingerprint density at radius 3 is 2.57 bits per heavy atom. The molecular formula is C17H12FNO4. The van der Waals surface area contributed by atoms with Crippen molar-refractivity contribution in [3.8, 4) is 5.75 Å². The van der Waals surface area contributed by atoms with Crippen molar-refractivity contribution in [1.29, 1.82) is 0 Å². The van der Waals surface area contributed by atoms with Crippen molar-refractivity contribution >= 4 is 17.1 Å². The highest BCUT2D eigenvalue weighted by Crippen LogP contribution is 2.20. The van der Waals surface area contributed by atoms with Crippen LogP contribution in [-0.4, -0.2) is 15.8 Å². The van der Waals surface area contributed by atoms with Crippen LogP contribution in [0.25, 0.3) is 10.9 Å². The number of fused-ring (bicyclic) bond motifs is 1. The largest absolute Gasteiger partial charge is 0.511 e. The van der Waals surface area contributed by atoms with Crippen molar-refractivity contribution in [1.82, 2.24) is 4.57 Å². The molecule has 3 rings (SSSR count). The summed E-state index contributed by atoms with van der Waals surface area (Å²) in [4.78, 5) is 23.0. The number of nitrogens with zero attached hydrogens (tertiary/aromatic N) is 1. The number of rotatable bonds is 3. The number of para-hydroxylation sites is 1. The quantitative estimate of drug-likeness (QED) is 0.754. The molecule has 0 aliphatic carbocycles. The summed E-state index contributed by atoms with van der Waals surface area (Å²) in [6, 6.07) is 13.3. The zero-order chi connectivity index (χ0) is 16.4. The van der Waals surface area contributed by atoms with E-state index in [2.05, 4.69) is 4.74 Å². The van der Waals surface area contributed by atoms with Gasteiger partial charge >= 0.3 is 6.16 Å². The van der Waals surface area contributed by atoms with Crippen LogP contribution in [-0.2, 0) is 6.54 Å². The van der Waals surface area contributed by atoms with Gasteiger partial charge in [0.1, 0.15) is 5.82 Å². The van der Waals surface area contributed by atoms with Crippen LogP contribution in [0.15, 0.2) is 59.5 Å². The smallest absolute Gasteiger partial charge is 0.449 e. The minimum atomic E-state index is -1.59. The molecule has 1 heterocycles. The maximum absolute atomic E-state index is 14.2. The van der Waals surface area contributed by atoms with Gasteiger partial charge < -0.3 is 14.4 Å². The molecule has 0 aliphatic heterocycles. The first-order chi connectivity index (χ1) is 11.1. The fraction of sp³-hybridized carbons (Fsp3) is 0.0588. The highest BCUT2D eigenvalue weighted by atomic mass is 19.1. The van der Waals surface area contributed by atoms with Crippen molar-refractivity contribution in [3.63, 3.8) is 0 Å². The molecular weight excluding hydrogens is 301 g/mol. The maximum Gasteiger partial charge on any atom is 0.511 e. The van der Waals surface area contributed by atoms with Gasteiger partial charge in [-0.15, -0.1) is 0 Å². The summed E-state index contributed by atoms with van der Waals surface area (Å²) in [6.45, 7) is 0.272. The lowest BCUT2D eigenvalue weighted by Gasteiger charge is -2.13. The fourth-order valence-electron chi connectivity index (χ4n) is 2.46. The summed E-state index contributed by atoms with van der Waals surface area (Å²) in [6.07, 6.45) is -0.376. The third-order valence-corrected chi connectivity index (χ3v) is 3.41. The third-order valence-electron chi connectivity index (χ3n) is 3.41. The molecule has 5 nitrogen and oxygen atoms in total. The Balaban J connectivity index is 2.24. The van der Waals surface area contributed by atoms with E-state index in [1.54, 1.807) is 0 Å². The molecule has 0 aliphatic rings. The number of hydrogen-bond donors (Lipinski definition) is 1. The van der Waals surface area contributed by atoms with Gasteiger partial charge in [-0.2, -0.15) is 0 Å². The molecule has 1 aromatic heterocycles. The van der Waals surface area contributed by atoms with Crippen LogP contribution in [0.5, 0.6) is 5.75 Å². The van der Waals surface area contributed by atoms with Gasteiger partial charge in [-0.05, 0) is 17.7 Å². The molecule has 0 bridgehead atoms. The van der Waals surface area contributed by atoms with Gasteiger partial charge in [0.25, 0.3) is 0 Å². The van der Waals surface area contributed by atoms with E-state index in [4.69, 9.17) is 5.11 Å². The van der Waals surface area contributed by atoms with Crippen molar-refractivity contribution < 1.29 is 19.0 Å². The second kappa shape index (κ2) is 5.92. The van der Waals surface area contributed by atoms with Crippen LogP contribution in [0.1, 0.15) is 5.56 Å². The van der Waals surface area contributed by atoms with Crippen LogP contribution in [0, 0.1) is 5.82 Å². The Hall–Kier alpha value is -3.15. The molecule has 0 amide bonds. The van der Waals surface area contributed by atoms with Crippen molar-refractivity contribution in [2.24, 2.45) is 0 Å². The lowest BCUT2D eigenvalue weighted by atomic mass is 10.1. The maximum atomic E-state index is 14.2. The SMILES string of the molecule is O=C(O)Oc1cn(Cc2ccccc2)c2c(F)cccc2c1=O. The number of carbonyl (C=O) groups is 1.